The first kappa shape index (κ1) is 25.6. The van der Waals surface area contributed by atoms with Gasteiger partial charge in [-0.25, -0.2) is 9.78 Å². The first-order valence-corrected chi connectivity index (χ1v) is 11.7. The van der Waals surface area contributed by atoms with Crippen molar-refractivity contribution in [1.29, 1.82) is 0 Å². The molecule has 0 bridgehead atoms. The summed E-state index contributed by atoms with van der Waals surface area (Å²) in [6, 6.07) is 12.0. The molecule has 0 spiro atoms. The number of rotatable bonds is 9. The standard InChI is InChI=1S/C26H27N5O6/c1-3-37-24(32)8-7-18-5-4-6-19(13-18)23-17-27-26(29-25(23)30-9-11-36-12-10-30)28-20-14-21(31(33)34)16-22(15-20)35-2/h4-8,13-17H,3,9-12H2,1-2H3,(H,27,28,29)/b8-7+. The molecule has 1 saturated heterocycles. The normalized spacial score (nSPS) is 13.4. The van der Waals surface area contributed by atoms with E-state index in [2.05, 4.69) is 15.2 Å². The number of carbonyl (C=O) groups is 1. The third kappa shape index (κ3) is 6.58. The van der Waals surface area contributed by atoms with Crippen LogP contribution < -0.4 is 15.0 Å². The Bertz CT molecular complexity index is 1310. The minimum absolute atomic E-state index is 0.112. The first-order chi connectivity index (χ1) is 18.0. The van der Waals surface area contributed by atoms with Gasteiger partial charge in [-0.2, -0.15) is 4.98 Å². The van der Waals surface area contributed by atoms with E-state index < -0.39 is 10.9 Å². The molecule has 2 heterocycles. The number of carbonyl (C=O) groups excluding carboxylic acids is 1. The Morgan fingerprint density at radius 3 is 2.78 bits per heavy atom. The largest absolute Gasteiger partial charge is 0.496 e. The Labute approximate surface area is 213 Å². The zero-order valence-corrected chi connectivity index (χ0v) is 20.5. The average Bonchev–Trinajstić information content (AvgIpc) is 2.92. The maximum absolute atomic E-state index is 11.7. The molecule has 1 aliphatic heterocycles. The van der Waals surface area contributed by atoms with E-state index in [1.54, 1.807) is 25.3 Å². The second-order valence-electron chi connectivity index (χ2n) is 8.04. The van der Waals surface area contributed by atoms with Gasteiger partial charge in [0.25, 0.3) is 5.69 Å². The number of methoxy groups -OCH3 is 1. The highest BCUT2D eigenvalue weighted by Gasteiger charge is 2.20. The lowest BCUT2D eigenvalue weighted by molar-refractivity contribution is -0.384. The SMILES string of the molecule is CCOC(=O)/C=C/c1cccc(-c2cnc(Nc3cc(OC)cc([N+](=O)[O-])c3)nc2N2CCOCC2)c1. The Morgan fingerprint density at radius 2 is 2.05 bits per heavy atom. The van der Waals surface area contributed by atoms with Crippen molar-refractivity contribution in [3.63, 3.8) is 0 Å². The van der Waals surface area contributed by atoms with E-state index in [1.165, 1.54) is 25.3 Å². The molecule has 0 amide bonds. The van der Waals surface area contributed by atoms with Crippen molar-refractivity contribution in [3.8, 4) is 16.9 Å². The number of ether oxygens (including phenoxy) is 3. The summed E-state index contributed by atoms with van der Waals surface area (Å²) in [4.78, 5) is 33.9. The van der Waals surface area contributed by atoms with Crippen molar-refractivity contribution in [2.75, 3.05) is 50.2 Å². The molecule has 0 saturated carbocycles. The third-order valence-corrected chi connectivity index (χ3v) is 5.57. The van der Waals surface area contributed by atoms with Crippen molar-refractivity contribution in [2.24, 2.45) is 0 Å². The van der Waals surface area contributed by atoms with E-state index >= 15 is 0 Å². The predicted octanol–water partition coefficient (Wildman–Crippen LogP) is 4.22. The number of morpholine rings is 1. The molecule has 11 nitrogen and oxygen atoms in total. The lowest BCUT2D eigenvalue weighted by atomic mass is 10.0. The number of esters is 1. The Kier molecular flexibility index (Phi) is 8.26. The lowest BCUT2D eigenvalue weighted by Crippen LogP contribution is -2.37. The molecule has 11 heteroatoms. The number of aromatic nitrogens is 2. The molecule has 3 aromatic rings. The number of hydrogen-bond acceptors (Lipinski definition) is 10. The molecule has 1 fully saturated rings. The quantitative estimate of drug-likeness (QED) is 0.195. The van der Waals surface area contributed by atoms with Crippen LogP contribution in [0.1, 0.15) is 12.5 Å². The van der Waals surface area contributed by atoms with E-state index in [0.717, 1.165) is 16.7 Å². The van der Waals surface area contributed by atoms with E-state index in [4.69, 9.17) is 19.2 Å². The first-order valence-electron chi connectivity index (χ1n) is 11.7. The van der Waals surface area contributed by atoms with Gasteiger partial charge < -0.3 is 24.4 Å². The Morgan fingerprint density at radius 1 is 1.24 bits per heavy atom. The van der Waals surface area contributed by atoms with Gasteiger partial charge in [-0.15, -0.1) is 0 Å². The van der Waals surface area contributed by atoms with Gasteiger partial charge in [-0.3, -0.25) is 10.1 Å². The molecule has 0 aliphatic carbocycles. The van der Waals surface area contributed by atoms with Crippen LogP contribution in [0.25, 0.3) is 17.2 Å². The highest BCUT2D eigenvalue weighted by Crippen LogP contribution is 2.33. The van der Waals surface area contributed by atoms with Crippen molar-refractivity contribution in [2.45, 2.75) is 6.92 Å². The number of hydrogen-bond donors (Lipinski definition) is 1. The number of non-ortho nitro benzene ring substituents is 1. The van der Waals surface area contributed by atoms with Crippen molar-refractivity contribution < 1.29 is 23.9 Å². The molecule has 0 unspecified atom stereocenters. The molecule has 1 N–H and O–H groups in total. The molecule has 1 aliphatic rings. The van der Waals surface area contributed by atoms with Gasteiger partial charge >= 0.3 is 5.97 Å². The van der Waals surface area contributed by atoms with E-state index in [-0.39, 0.29) is 11.6 Å². The van der Waals surface area contributed by atoms with Crippen molar-refractivity contribution in [1.82, 2.24) is 9.97 Å². The summed E-state index contributed by atoms with van der Waals surface area (Å²) in [6.45, 7) is 4.50. The minimum Gasteiger partial charge on any atom is -0.496 e. The monoisotopic (exact) mass is 505 g/mol. The van der Waals surface area contributed by atoms with Crippen LogP contribution in [0.4, 0.5) is 23.1 Å². The van der Waals surface area contributed by atoms with Gasteiger partial charge in [0.05, 0.1) is 43.6 Å². The van der Waals surface area contributed by atoms with E-state index in [0.29, 0.717) is 50.2 Å². The van der Waals surface area contributed by atoms with Gasteiger partial charge in [0, 0.05) is 43.1 Å². The molecule has 0 atom stereocenters. The highest BCUT2D eigenvalue weighted by molar-refractivity contribution is 5.87. The van der Waals surface area contributed by atoms with Crippen LogP contribution in [-0.4, -0.2) is 60.9 Å². The topological polar surface area (TPSA) is 129 Å². The number of benzene rings is 2. The number of nitrogens with one attached hydrogen (secondary N) is 1. The average molecular weight is 506 g/mol. The summed E-state index contributed by atoms with van der Waals surface area (Å²) in [5.74, 6) is 0.920. The molecule has 192 valence electrons. The van der Waals surface area contributed by atoms with Crippen LogP contribution in [0.2, 0.25) is 0 Å². The fourth-order valence-corrected chi connectivity index (χ4v) is 3.83. The maximum Gasteiger partial charge on any atom is 0.330 e. The van der Waals surface area contributed by atoms with E-state index in [9.17, 15) is 14.9 Å². The van der Waals surface area contributed by atoms with Gasteiger partial charge in [0.2, 0.25) is 5.95 Å². The van der Waals surface area contributed by atoms with E-state index in [1.807, 2.05) is 24.3 Å². The maximum atomic E-state index is 11.7. The lowest BCUT2D eigenvalue weighted by Gasteiger charge is -2.29. The minimum atomic E-state index is -0.486. The molecular formula is C26H27N5O6. The highest BCUT2D eigenvalue weighted by atomic mass is 16.6. The predicted molar refractivity (Wildman–Crippen MR) is 139 cm³/mol. The molecule has 1 aromatic heterocycles. The molecule has 0 radical (unpaired) electrons. The summed E-state index contributed by atoms with van der Waals surface area (Å²) < 4.78 is 15.7. The fourth-order valence-electron chi connectivity index (χ4n) is 3.83. The number of nitro benzene ring substituents is 1. The van der Waals surface area contributed by atoms with Crippen LogP contribution in [0.5, 0.6) is 5.75 Å². The third-order valence-electron chi connectivity index (χ3n) is 5.57. The van der Waals surface area contributed by atoms with Crippen LogP contribution in [0.3, 0.4) is 0 Å². The number of nitro groups is 1. The summed E-state index contributed by atoms with van der Waals surface area (Å²) in [7, 11) is 1.45. The molecular weight excluding hydrogens is 478 g/mol. The Hall–Kier alpha value is -4.51. The van der Waals surface area contributed by atoms with Gasteiger partial charge in [-0.1, -0.05) is 18.2 Å². The van der Waals surface area contributed by atoms with Crippen molar-refractivity contribution >= 4 is 35.2 Å². The number of anilines is 3. The summed E-state index contributed by atoms with van der Waals surface area (Å²) in [5, 5.41) is 14.4. The van der Waals surface area contributed by atoms with Crippen LogP contribution >= 0.6 is 0 Å². The van der Waals surface area contributed by atoms with Gasteiger partial charge in [0.15, 0.2) is 0 Å². The second-order valence-corrected chi connectivity index (χ2v) is 8.04. The smallest absolute Gasteiger partial charge is 0.330 e. The Balaban J connectivity index is 1.69. The van der Waals surface area contributed by atoms with Crippen LogP contribution in [0.15, 0.2) is 54.7 Å². The summed E-state index contributed by atoms with van der Waals surface area (Å²) in [5.41, 5.74) is 2.81. The van der Waals surface area contributed by atoms with Crippen molar-refractivity contribution in [3.05, 3.63) is 70.4 Å². The number of nitrogens with zero attached hydrogens (tertiary/aromatic N) is 4. The van der Waals surface area contributed by atoms with Gasteiger partial charge in [0.1, 0.15) is 11.6 Å². The second kappa shape index (κ2) is 12.0. The molecule has 2 aromatic carbocycles. The zero-order chi connectivity index (χ0) is 26.2. The van der Waals surface area contributed by atoms with Crippen LogP contribution in [-0.2, 0) is 14.3 Å². The fraction of sp³-hybridized carbons (Fsp3) is 0.269. The van der Waals surface area contributed by atoms with Gasteiger partial charge in [-0.05, 0) is 30.2 Å². The van der Waals surface area contributed by atoms with Crippen LogP contribution in [0, 0.1) is 10.1 Å². The summed E-state index contributed by atoms with van der Waals surface area (Å²) in [6.07, 6.45) is 4.80. The zero-order valence-electron chi connectivity index (χ0n) is 20.5. The summed E-state index contributed by atoms with van der Waals surface area (Å²) >= 11 is 0. The molecule has 4 rings (SSSR count). The molecule has 37 heavy (non-hydrogen) atoms.